The van der Waals surface area contributed by atoms with Gasteiger partial charge in [-0.15, -0.1) is 0 Å². The summed E-state index contributed by atoms with van der Waals surface area (Å²) < 4.78 is 13.1. The van der Waals surface area contributed by atoms with Crippen LogP contribution in [0.1, 0.15) is 51.7 Å². The summed E-state index contributed by atoms with van der Waals surface area (Å²) in [6, 6.07) is 14.1. The fourth-order valence-corrected chi connectivity index (χ4v) is 4.66. The zero-order valence-electron chi connectivity index (χ0n) is 19.8. The molecule has 2 aromatic rings. The topological polar surface area (TPSA) is 52.6 Å². The smallest absolute Gasteiger partial charge is 0.220 e. The number of nitrogens with one attached hydrogen (secondary N) is 1. The third kappa shape index (κ3) is 6.10. The highest BCUT2D eigenvalue weighted by Gasteiger charge is 2.38. The molecule has 0 spiro atoms. The van der Waals surface area contributed by atoms with Crippen LogP contribution in [0.5, 0.6) is 5.75 Å². The van der Waals surface area contributed by atoms with Crippen LogP contribution >= 0.6 is 0 Å². The predicted molar refractivity (Wildman–Crippen MR) is 127 cm³/mol. The fraction of sp³-hybridized carbons (Fsp3) is 0.519. The first-order valence-electron chi connectivity index (χ1n) is 11.7. The summed E-state index contributed by atoms with van der Waals surface area (Å²) in [7, 11) is 0. The Morgan fingerprint density at radius 2 is 1.97 bits per heavy atom. The average Bonchev–Trinajstić information content (AvgIpc) is 2.75. The number of phenols is 1. The molecule has 1 saturated heterocycles. The lowest BCUT2D eigenvalue weighted by atomic mass is 9.68. The minimum atomic E-state index is -0.256. The van der Waals surface area contributed by atoms with Crippen molar-refractivity contribution in [3.63, 3.8) is 0 Å². The number of benzene rings is 2. The summed E-state index contributed by atoms with van der Waals surface area (Å²) in [5.41, 5.74) is 2.19. The van der Waals surface area contributed by atoms with Gasteiger partial charge in [0.25, 0.3) is 0 Å². The Balaban J connectivity index is 1.54. The first kappa shape index (κ1) is 24.2. The number of rotatable bonds is 8. The molecule has 4 nitrogen and oxygen atoms in total. The molecule has 174 valence electrons. The standard InChI is InChI=1S/C27H37FN2O2/c1-19(2)25(29-26(32)13-10-21-8-11-23(28)12-9-21)18-30-15-14-27(4,20(3)17-30)22-6-5-7-24(31)16-22/h5-9,11-12,16,19-20,25,31H,10,13-15,17-18H2,1-4H3,(H,29,32)/t20-,25+,27+/m0/s1. The number of aromatic hydroxyl groups is 1. The van der Waals surface area contributed by atoms with Crippen LogP contribution in [0.25, 0.3) is 0 Å². The summed E-state index contributed by atoms with van der Waals surface area (Å²) in [6.45, 7) is 11.6. The van der Waals surface area contributed by atoms with Crippen LogP contribution in [0.4, 0.5) is 4.39 Å². The predicted octanol–water partition coefficient (Wildman–Crippen LogP) is 4.90. The SMILES string of the molecule is CC(C)[C@@H](CN1CC[C@@](C)(c2cccc(O)c2)[C@@H](C)C1)NC(=O)CCc1ccc(F)cc1. The van der Waals surface area contributed by atoms with Crippen LogP contribution < -0.4 is 5.32 Å². The molecule has 1 aliphatic rings. The molecule has 1 amide bonds. The van der Waals surface area contributed by atoms with Crippen molar-refractivity contribution in [2.24, 2.45) is 11.8 Å². The maximum Gasteiger partial charge on any atom is 0.220 e. The Morgan fingerprint density at radius 1 is 1.25 bits per heavy atom. The lowest BCUT2D eigenvalue weighted by Gasteiger charge is -2.46. The molecule has 0 radical (unpaired) electrons. The second-order valence-corrected chi connectivity index (χ2v) is 9.92. The maximum absolute atomic E-state index is 13.1. The quantitative estimate of drug-likeness (QED) is 0.614. The number of halogens is 1. The van der Waals surface area contributed by atoms with Crippen molar-refractivity contribution < 1.29 is 14.3 Å². The first-order chi connectivity index (χ1) is 15.2. The van der Waals surface area contributed by atoms with E-state index in [4.69, 9.17) is 0 Å². The van der Waals surface area contributed by atoms with Crippen molar-refractivity contribution >= 4 is 5.91 Å². The maximum atomic E-state index is 13.1. The van der Waals surface area contributed by atoms with E-state index in [1.165, 1.54) is 17.7 Å². The van der Waals surface area contributed by atoms with Gasteiger partial charge in [-0.1, -0.05) is 52.0 Å². The zero-order valence-corrected chi connectivity index (χ0v) is 19.8. The van der Waals surface area contributed by atoms with Gasteiger partial charge in [0, 0.05) is 25.6 Å². The molecule has 0 saturated carbocycles. The zero-order chi connectivity index (χ0) is 23.3. The molecule has 3 atom stereocenters. The average molecular weight is 441 g/mol. The highest BCUT2D eigenvalue weighted by atomic mass is 19.1. The van der Waals surface area contributed by atoms with E-state index in [0.29, 0.717) is 30.4 Å². The van der Waals surface area contributed by atoms with E-state index < -0.39 is 0 Å². The van der Waals surface area contributed by atoms with Gasteiger partial charge in [-0.05, 0) is 72.0 Å². The van der Waals surface area contributed by atoms with E-state index in [0.717, 1.165) is 31.6 Å². The van der Waals surface area contributed by atoms with Gasteiger partial charge in [0.05, 0.1) is 0 Å². The number of likely N-dealkylation sites (tertiary alicyclic amines) is 1. The molecular weight excluding hydrogens is 403 g/mol. The van der Waals surface area contributed by atoms with E-state index in [1.54, 1.807) is 18.2 Å². The molecule has 5 heteroatoms. The molecule has 0 aliphatic carbocycles. The molecular formula is C27H37FN2O2. The van der Waals surface area contributed by atoms with Crippen molar-refractivity contribution in [2.75, 3.05) is 19.6 Å². The number of nitrogens with zero attached hydrogens (tertiary/aromatic N) is 1. The molecule has 1 heterocycles. The third-order valence-corrected chi connectivity index (χ3v) is 7.23. The van der Waals surface area contributed by atoms with Crippen molar-refractivity contribution in [2.45, 2.75) is 58.4 Å². The molecule has 0 unspecified atom stereocenters. The van der Waals surface area contributed by atoms with Crippen LogP contribution in [0.3, 0.4) is 0 Å². The highest BCUT2D eigenvalue weighted by Crippen LogP contribution is 2.40. The molecule has 0 bridgehead atoms. The van der Waals surface area contributed by atoms with Crippen molar-refractivity contribution in [1.29, 1.82) is 0 Å². The van der Waals surface area contributed by atoms with Gasteiger partial charge < -0.3 is 15.3 Å². The number of hydrogen-bond donors (Lipinski definition) is 2. The molecule has 32 heavy (non-hydrogen) atoms. The third-order valence-electron chi connectivity index (χ3n) is 7.23. The second kappa shape index (κ2) is 10.5. The summed E-state index contributed by atoms with van der Waals surface area (Å²) in [4.78, 5) is 15.1. The Labute approximate surface area is 191 Å². The highest BCUT2D eigenvalue weighted by molar-refractivity contribution is 5.76. The Morgan fingerprint density at radius 3 is 2.59 bits per heavy atom. The van der Waals surface area contributed by atoms with Crippen LogP contribution in [-0.2, 0) is 16.6 Å². The Hall–Kier alpha value is -2.40. The lowest BCUT2D eigenvalue weighted by Crippen LogP contribution is -2.53. The van der Waals surface area contributed by atoms with Crippen LogP contribution in [0.15, 0.2) is 48.5 Å². The van der Waals surface area contributed by atoms with Gasteiger partial charge in [0.2, 0.25) is 5.91 Å². The molecule has 1 fully saturated rings. The number of carbonyl (C=O) groups excluding carboxylic acids is 1. The fourth-order valence-electron chi connectivity index (χ4n) is 4.66. The van der Waals surface area contributed by atoms with Crippen molar-refractivity contribution in [1.82, 2.24) is 10.2 Å². The van der Waals surface area contributed by atoms with E-state index in [2.05, 4.69) is 44.0 Å². The Bertz CT molecular complexity index is 899. The molecule has 2 N–H and O–H groups in total. The first-order valence-corrected chi connectivity index (χ1v) is 11.7. The Kier molecular flexibility index (Phi) is 7.94. The van der Waals surface area contributed by atoms with E-state index in [9.17, 15) is 14.3 Å². The van der Waals surface area contributed by atoms with Gasteiger partial charge in [-0.3, -0.25) is 4.79 Å². The summed E-state index contributed by atoms with van der Waals surface area (Å²) in [5.74, 6) is 0.873. The normalized spacial score (nSPS) is 22.6. The van der Waals surface area contributed by atoms with Crippen LogP contribution in [0, 0.1) is 17.7 Å². The molecule has 2 aromatic carbocycles. The number of amides is 1. The number of phenolic OH excluding ortho intramolecular Hbond substituents is 1. The molecule has 3 rings (SSSR count). The van der Waals surface area contributed by atoms with Crippen molar-refractivity contribution in [3.05, 3.63) is 65.5 Å². The summed E-state index contributed by atoms with van der Waals surface area (Å²) in [6.07, 6.45) is 2.03. The van der Waals surface area contributed by atoms with E-state index in [-0.39, 0.29) is 23.2 Å². The van der Waals surface area contributed by atoms with Gasteiger partial charge in [-0.25, -0.2) is 4.39 Å². The number of carbonyl (C=O) groups is 1. The van der Waals surface area contributed by atoms with Gasteiger partial charge in [0.15, 0.2) is 0 Å². The van der Waals surface area contributed by atoms with Crippen LogP contribution in [0.2, 0.25) is 0 Å². The monoisotopic (exact) mass is 440 g/mol. The lowest BCUT2D eigenvalue weighted by molar-refractivity contribution is -0.122. The van der Waals surface area contributed by atoms with Crippen molar-refractivity contribution in [3.8, 4) is 5.75 Å². The van der Waals surface area contributed by atoms with E-state index in [1.807, 2.05) is 12.1 Å². The summed E-state index contributed by atoms with van der Waals surface area (Å²) >= 11 is 0. The number of piperidine rings is 1. The minimum Gasteiger partial charge on any atom is -0.508 e. The van der Waals surface area contributed by atoms with Gasteiger partial charge in [-0.2, -0.15) is 0 Å². The van der Waals surface area contributed by atoms with E-state index >= 15 is 0 Å². The molecule has 1 aliphatic heterocycles. The minimum absolute atomic E-state index is 0.0287. The number of hydrogen-bond acceptors (Lipinski definition) is 3. The number of aryl methyl sites for hydroxylation is 1. The van der Waals surface area contributed by atoms with Crippen LogP contribution in [-0.4, -0.2) is 41.6 Å². The van der Waals surface area contributed by atoms with Gasteiger partial charge in [0.1, 0.15) is 11.6 Å². The van der Waals surface area contributed by atoms with Gasteiger partial charge >= 0.3 is 0 Å². The largest absolute Gasteiger partial charge is 0.508 e. The molecule has 0 aromatic heterocycles. The summed E-state index contributed by atoms with van der Waals surface area (Å²) in [5, 5.41) is 13.2. The second-order valence-electron chi connectivity index (χ2n) is 9.92.